The molecule has 0 unspecified atom stereocenters. The summed E-state index contributed by atoms with van der Waals surface area (Å²) in [7, 11) is 1.45. The number of alkyl halides is 3. The molecule has 0 spiro atoms. The van der Waals surface area contributed by atoms with E-state index in [1.165, 1.54) is 18.0 Å². The van der Waals surface area contributed by atoms with Gasteiger partial charge in [-0.2, -0.15) is 18.3 Å². The lowest BCUT2D eigenvalue weighted by Gasteiger charge is -2.28. The van der Waals surface area contributed by atoms with Crippen molar-refractivity contribution in [1.82, 2.24) is 14.7 Å². The van der Waals surface area contributed by atoms with Gasteiger partial charge in [-0.15, -0.1) is 0 Å². The Kier molecular flexibility index (Phi) is 5.44. The van der Waals surface area contributed by atoms with Gasteiger partial charge in [-0.25, -0.2) is 0 Å². The molecule has 0 atom stereocenters. The van der Waals surface area contributed by atoms with Crippen molar-refractivity contribution in [2.75, 3.05) is 20.3 Å². The van der Waals surface area contributed by atoms with E-state index in [1.54, 1.807) is 4.90 Å². The van der Waals surface area contributed by atoms with Crippen LogP contribution in [0.3, 0.4) is 0 Å². The van der Waals surface area contributed by atoms with Gasteiger partial charge >= 0.3 is 6.18 Å². The first-order valence-electron chi connectivity index (χ1n) is 7.31. The second-order valence-corrected chi connectivity index (χ2v) is 5.42. The Hall–Kier alpha value is -1.57. The van der Waals surface area contributed by atoms with Crippen LogP contribution in [-0.4, -0.2) is 46.9 Å². The summed E-state index contributed by atoms with van der Waals surface area (Å²) in [5.41, 5.74) is -0.914. The van der Waals surface area contributed by atoms with Crippen LogP contribution in [0, 0.1) is 0 Å². The molecule has 0 saturated heterocycles. The van der Waals surface area contributed by atoms with Gasteiger partial charge in [0.05, 0.1) is 6.54 Å². The number of carbonyl (C=O) groups is 1. The number of nitrogens with zero attached hydrogens (tertiary/aromatic N) is 3. The summed E-state index contributed by atoms with van der Waals surface area (Å²) in [6.07, 6.45) is 0.853. The molecule has 1 heterocycles. The minimum atomic E-state index is -4.44. The molecule has 1 saturated carbocycles. The van der Waals surface area contributed by atoms with E-state index in [-0.39, 0.29) is 25.1 Å². The minimum absolute atomic E-state index is 0.0105. The van der Waals surface area contributed by atoms with Crippen molar-refractivity contribution in [1.29, 1.82) is 0 Å². The van der Waals surface area contributed by atoms with Gasteiger partial charge in [-0.05, 0) is 18.9 Å². The molecule has 1 aromatic rings. The van der Waals surface area contributed by atoms with Gasteiger partial charge in [0.25, 0.3) is 0 Å². The first kappa shape index (κ1) is 16.8. The Balaban J connectivity index is 1.98. The Labute approximate surface area is 127 Å². The quantitative estimate of drug-likeness (QED) is 0.808. The van der Waals surface area contributed by atoms with E-state index in [1.807, 2.05) is 0 Å². The number of rotatable bonds is 6. The molecule has 1 aliphatic carbocycles. The molecule has 1 aliphatic rings. The average Bonchev–Trinajstić information content (AvgIpc) is 3.09. The third-order valence-corrected chi connectivity index (χ3v) is 3.85. The van der Waals surface area contributed by atoms with E-state index < -0.39 is 11.9 Å². The standard InChI is InChI=1S/C14H20F3N3O2/c1-22-10-13(21)20(11-4-2-3-5-11)9-8-19-7-6-12(18-19)14(15,16)17/h6-7,11H,2-5,8-10H2,1H3. The van der Waals surface area contributed by atoms with Gasteiger partial charge in [0.15, 0.2) is 5.69 Å². The minimum Gasteiger partial charge on any atom is -0.375 e. The molecule has 0 aromatic carbocycles. The van der Waals surface area contributed by atoms with Crippen molar-refractivity contribution in [2.45, 2.75) is 44.4 Å². The van der Waals surface area contributed by atoms with Crippen LogP contribution < -0.4 is 0 Å². The van der Waals surface area contributed by atoms with Crippen LogP contribution in [0.25, 0.3) is 0 Å². The number of ether oxygens (including phenoxy) is 1. The third kappa shape index (κ3) is 4.22. The second-order valence-electron chi connectivity index (χ2n) is 5.42. The molecule has 124 valence electrons. The van der Waals surface area contributed by atoms with Gasteiger partial charge in [0, 0.05) is 25.9 Å². The Morgan fingerprint density at radius 2 is 2.14 bits per heavy atom. The van der Waals surface area contributed by atoms with Crippen LogP contribution >= 0.6 is 0 Å². The first-order valence-corrected chi connectivity index (χ1v) is 7.31. The van der Waals surface area contributed by atoms with Crippen molar-refractivity contribution in [2.24, 2.45) is 0 Å². The van der Waals surface area contributed by atoms with Gasteiger partial charge in [-0.1, -0.05) is 12.8 Å². The molecule has 0 aliphatic heterocycles. The fourth-order valence-electron chi connectivity index (χ4n) is 2.78. The van der Waals surface area contributed by atoms with Gasteiger partial charge in [0.1, 0.15) is 6.61 Å². The number of carbonyl (C=O) groups excluding carboxylic acids is 1. The highest BCUT2D eigenvalue weighted by molar-refractivity contribution is 5.77. The molecule has 8 heteroatoms. The lowest BCUT2D eigenvalue weighted by atomic mass is 10.2. The van der Waals surface area contributed by atoms with E-state index in [2.05, 4.69) is 5.10 Å². The van der Waals surface area contributed by atoms with E-state index in [0.717, 1.165) is 31.7 Å². The number of hydrogen-bond acceptors (Lipinski definition) is 3. The molecule has 22 heavy (non-hydrogen) atoms. The summed E-state index contributed by atoms with van der Waals surface area (Å²) in [4.78, 5) is 13.8. The summed E-state index contributed by atoms with van der Waals surface area (Å²) in [5.74, 6) is -0.127. The molecular formula is C14H20F3N3O2. The van der Waals surface area contributed by atoms with E-state index in [0.29, 0.717) is 6.54 Å². The zero-order valence-corrected chi connectivity index (χ0v) is 12.5. The highest BCUT2D eigenvalue weighted by Gasteiger charge is 2.33. The molecule has 5 nitrogen and oxygen atoms in total. The van der Waals surface area contributed by atoms with Crippen molar-refractivity contribution in [3.8, 4) is 0 Å². The molecule has 1 fully saturated rings. The summed E-state index contributed by atoms with van der Waals surface area (Å²) < 4.78 is 43.7. The fraction of sp³-hybridized carbons (Fsp3) is 0.714. The molecule has 0 bridgehead atoms. The number of halogens is 3. The first-order chi connectivity index (χ1) is 10.4. The number of aromatic nitrogens is 2. The maximum absolute atomic E-state index is 12.5. The molecule has 0 N–H and O–H groups in total. The van der Waals surface area contributed by atoms with Gasteiger partial charge in [0.2, 0.25) is 5.91 Å². The zero-order chi connectivity index (χ0) is 16.2. The lowest BCUT2D eigenvalue weighted by molar-refractivity contribution is -0.142. The van der Waals surface area contributed by atoms with Crippen molar-refractivity contribution in [3.05, 3.63) is 18.0 Å². The topological polar surface area (TPSA) is 47.4 Å². The fourth-order valence-corrected chi connectivity index (χ4v) is 2.78. The van der Waals surface area contributed by atoms with Gasteiger partial charge in [-0.3, -0.25) is 9.48 Å². The number of hydrogen-bond donors (Lipinski definition) is 0. The normalized spacial score (nSPS) is 16.2. The maximum Gasteiger partial charge on any atom is 0.435 e. The van der Waals surface area contributed by atoms with E-state index >= 15 is 0 Å². The summed E-state index contributed by atoms with van der Waals surface area (Å²) in [6.45, 7) is 0.567. The smallest absolute Gasteiger partial charge is 0.375 e. The Bertz CT molecular complexity index is 496. The lowest BCUT2D eigenvalue weighted by Crippen LogP contribution is -2.42. The van der Waals surface area contributed by atoms with Crippen LogP contribution in [0.4, 0.5) is 13.2 Å². The second kappa shape index (κ2) is 7.13. The van der Waals surface area contributed by atoms with Crippen LogP contribution in [0.15, 0.2) is 12.3 Å². The van der Waals surface area contributed by atoms with Crippen LogP contribution in [-0.2, 0) is 22.3 Å². The summed E-state index contributed by atoms with van der Waals surface area (Å²) in [6, 6.07) is 1.09. The van der Waals surface area contributed by atoms with Crippen LogP contribution in [0.2, 0.25) is 0 Å². The van der Waals surface area contributed by atoms with E-state index in [9.17, 15) is 18.0 Å². The van der Waals surface area contributed by atoms with Gasteiger partial charge < -0.3 is 9.64 Å². The van der Waals surface area contributed by atoms with Crippen molar-refractivity contribution < 1.29 is 22.7 Å². The molecule has 1 amide bonds. The Morgan fingerprint density at radius 3 is 2.68 bits per heavy atom. The summed E-state index contributed by atoms with van der Waals surface area (Å²) in [5, 5.41) is 3.51. The third-order valence-electron chi connectivity index (χ3n) is 3.85. The average molecular weight is 319 g/mol. The number of methoxy groups -OCH3 is 1. The zero-order valence-electron chi connectivity index (χ0n) is 12.5. The Morgan fingerprint density at radius 1 is 1.45 bits per heavy atom. The SMILES string of the molecule is COCC(=O)N(CCn1ccc(C(F)(F)F)n1)C1CCCC1. The predicted octanol–water partition coefficient (Wildman–Crippen LogP) is 2.32. The van der Waals surface area contributed by atoms with Crippen LogP contribution in [0.1, 0.15) is 31.4 Å². The highest BCUT2D eigenvalue weighted by Crippen LogP contribution is 2.27. The molecule has 1 aromatic heterocycles. The van der Waals surface area contributed by atoms with Crippen molar-refractivity contribution in [3.63, 3.8) is 0 Å². The number of amides is 1. The molecule has 2 rings (SSSR count). The van der Waals surface area contributed by atoms with Crippen molar-refractivity contribution >= 4 is 5.91 Å². The highest BCUT2D eigenvalue weighted by atomic mass is 19.4. The maximum atomic E-state index is 12.5. The van der Waals surface area contributed by atoms with Crippen LogP contribution in [0.5, 0.6) is 0 Å². The van der Waals surface area contributed by atoms with E-state index in [4.69, 9.17) is 4.74 Å². The molecular weight excluding hydrogens is 299 g/mol. The molecule has 0 radical (unpaired) electrons. The predicted molar refractivity (Wildman–Crippen MR) is 73.1 cm³/mol. The summed E-state index contributed by atoms with van der Waals surface area (Å²) >= 11 is 0. The largest absolute Gasteiger partial charge is 0.435 e. The monoisotopic (exact) mass is 319 g/mol.